The van der Waals surface area contributed by atoms with E-state index in [1.165, 1.54) is 48.7 Å². The predicted molar refractivity (Wildman–Crippen MR) is 242 cm³/mol. The van der Waals surface area contributed by atoms with Gasteiger partial charge in [0.1, 0.15) is 11.2 Å². The summed E-state index contributed by atoms with van der Waals surface area (Å²) in [4.78, 5) is 10.9. The van der Waals surface area contributed by atoms with E-state index in [9.17, 15) is 0 Å². The Morgan fingerprint density at radius 3 is 1.90 bits per heavy atom. The maximum absolute atomic E-state index is 6.26. The molecule has 0 fully saturated rings. The van der Waals surface area contributed by atoms with Gasteiger partial charge in [0.2, 0.25) is 5.95 Å². The van der Waals surface area contributed by atoms with E-state index >= 15 is 0 Å². The largest absolute Gasteiger partial charge is 0.456 e. The van der Waals surface area contributed by atoms with Gasteiger partial charge in [0, 0.05) is 48.7 Å². The molecule has 0 saturated carbocycles. The summed E-state index contributed by atoms with van der Waals surface area (Å²) < 4.78 is 8.62. The molecule has 10 aromatic carbocycles. The summed E-state index contributed by atoms with van der Waals surface area (Å²) in [6, 6.07) is 67.2. The van der Waals surface area contributed by atoms with Crippen LogP contribution in [0.4, 0.5) is 0 Å². The highest BCUT2D eigenvalue weighted by molar-refractivity contribution is 6.39. The van der Waals surface area contributed by atoms with Crippen molar-refractivity contribution in [2.24, 2.45) is 0 Å². The molecule has 0 unspecified atom stereocenters. The fourth-order valence-corrected chi connectivity index (χ4v) is 9.65. The van der Waals surface area contributed by atoms with Crippen molar-refractivity contribution in [1.29, 1.82) is 0 Å². The second-order valence-corrected chi connectivity index (χ2v) is 15.2. The van der Waals surface area contributed by atoms with Crippen LogP contribution in [0.25, 0.3) is 126 Å². The average molecular weight is 738 g/mol. The van der Waals surface area contributed by atoms with Gasteiger partial charge in [-0.25, -0.2) is 9.97 Å². The van der Waals surface area contributed by atoms with Gasteiger partial charge in [-0.05, 0) is 68.4 Å². The number of para-hydroxylation sites is 2. The van der Waals surface area contributed by atoms with E-state index in [0.717, 1.165) is 71.5 Å². The molecule has 58 heavy (non-hydrogen) atoms. The molecular weight excluding hydrogens is 707 g/mol. The first kappa shape index (κ1) is 31.4. The van der Waals surface area contributed by atoms with Crippen molar-refractivity contribution in [3.8, 4) is 28.3 Å². The van der Waals surface area contributed by atoms with Crippen LogP contribution in [-0.2, 0) is 0 Å². The van der Waals surface area contributed by atoms with Gasteiger partial charge < -0.3 is 4.42 Å². The third-order valence-corrected chi connectivity index (χ3v) is 12.1. The van der Waals surface area contributed by atoms with Crippen LogP contribution < -0.4 is 0 Å². The number of fused-ring (bicyclic) bond motifs is 16. The number of hydrogen-bond acceptors (Lipinski definition) is 3. The first-order chi connectivity index (χ1) is 28.8. The molecule has 0 aliphatic heterocycles. The van der Waals surface area contributed by atoms with Crippen molar-refractivity contribution in [3.63, 3.8) is 0 Å². The molecule has 4 heteroatoms. The van der Waals surface area contributed by atoms with Crippen molar-refractivity contribution in [3.05, 3.63) is 188 Å². The lowest BCUT2D eigenvalue weighted by Gasteiger charge is -2.16. The van der Waals surface area contributed by atoms with Gasteiger partial charge in [-0.2, -0.15) is 0 Å². The van der Waals surface area contributed by atoms with Crippen LogP contribution in [0, 0.1) is 0 Å². The summed E-state index contributed by atoms with van der Waals surface area (Å²) in [5.74, 6) is 0.653. The van der Waals surface area contributed by atoms with Crippen LogP contribution in [0.5, 0.6) is 0 Å². The lowest BCUT2D eigenvalue weighted by atomic mass is 9.88. The van der Waals surface area contributed by atoms with Crippen LogP contribution >= 0.6 is 0 Å². The lowest BCUT2D eigenvalue weighted by molar-refractivity contribution is 0.669. The molecule has 13 aromatic rings. The number of benzene rings is 10. The molecule has 0 radical (unpaired) electrons. The normalized spacial score (nSPS) is 12.1. The highest BCUT2D eigenvalue weighted by Gasteiger charge is 2.25. The number of nitrogens with zero attached hydrogens (tertiary/aromatic N) is 3. The molecular formula is C54H31N3O. The molecule has 0 aliphatic carbocycles. The second kappa shape index (κ2) is 11.8. The van der Waals surface area contributed by atoms with E-state index < -0.39 is 0 Å². The zero-order valence-electron chi connectivity index (χ0n) is 31.1. The van der Waals surface area contributed by atoms with Crippen molar-refractivity contribution < 1.29 is 4.42 Å². The average Bonchev–Trinajstić information content (AvgIpc) is 3.85. The van der Waals surface area contributed by atoms with Gasteiger partial charge in [-0.1, -0.05) is 158 Å². The van der Waals surface area contributed by atoms with Crippen molar-refractivity contribution >= 4 is 97.7 Å². The van der Waals surface area contributed by atoms with Gasteiger partial charge in [0.15, 0.2) is 0 Å². The Morgan fingerprint density at radius 2 is 1.03 bits per heavy atom. The topological polar surface area (TPSA) is 43.9 Å². The first-order valence-electron chi connectivity index (χ1n) is 19.7. The van der Waals surface area contributed by atoms with Crippen molar-refractivity contribution in [2.75, 3.05) is 0 Å². The summed E-state index contributed by atoms with van der Waals surface area (Å²) in [6.45, 7) is 0. The molecule has 0 amide bonds. The Balaban J connectivity index is 1.23. The van der Waals surface area contributed by atoms with E-state index in [0.29, 0.717) is 5.95 Å². The van der Waals surface area contributed by atoms with E-state index in [-0.39, 0.29) is 0 Å². The van der Waals surface area contributed by atoms with Gasteiger partial charge in [0.05, 0.1) is 22.2 Å². The van der Waals surface area contributed by atoms with Crippen LogP contribution in [0.3, 0.4) is 0 Å². The fourth-order valence-electron chi connectivity index (χ4n) is 9.65. The Bertz CT molecular complexity index is 3860. The van der Waals surface area contributed by atoms with Crippen LogP contribution in [0.2, 0.25) is 0 Å². The zero-order chi connectivity index (χ0) is 37.9. The second-order valence-electron chi connectivity index (χ2n) is 15.2. The molecule has 268 valence electrons. The van der Waals surface area contributed by atoms with E-state index in [4.69, 9.17) is 14.4 Å². The van der Waals surface area contributed by atoms with Crippen molar-refractivity contribution in [2.45, 2.75) is 0 Å². The molecule has 0 aliphatic rings. The summed E-state index contributed by atoms with van der Waals surface area (Å²) in [6.07, 6.45) is 0. The maximum atomic E-state index is 6.26. The molecule has 0 saturated heterocycles. The van der Waals surface area contributed by atoms with E-state index in [2.05, 4.69) is 180 Å². The Labute approximate surface area is 331 Å². The standard InChI is InChI=1S/C54H31N3O/c1-2-15-33(16-3-1)51-41-23-10-12-24-46(41)55-54(56-51)57-52-35-17-5-4-14-32(35)26-28-42(52)50-49-39-21-8-6-18-36(39)43(31-45(49)37-19-7-9-22-40(37)53(50)57)34-27-29-48-44(30-34)38-20-11-13-25-47(38)58-48/h1-31H. The smallest absolute Gasteiger partial charge is 0.235 e. The summed E-state index contributed by atoms with van der Waals surface area (Å²) in [5.41, 5.74) is 9.24. The predicted octanol–water partition coefficient (Wildman–Crippen LogP) is 14.6. The zero-order valence-corrected chi connectivity index (χ0v) is 31.1. The highest BCUT2D eigenvalue weighted by atomic mass is 16.3. The van der Waals surface area contributed by atoms with Crippen LogP contribution in [0.15, 0.2) is 192 Å². The summed E-state index contributed by atoms with van der Waals surface area (Å²) in [7, 11) is 0. The number of hydrogen-bond donors (Lipinski definition) is 0. The molecule has 0 N–H and O–H groups in total. The Kier molecular flexibility index (Phi) is 6.41. The van der Waals surface area contributed by atoms with Crippen molar-refractivity contribution in [1.82, 2.24) is 14.5 Å². The Hall–Kier alpha value is -7.82. The van der Waals surface area contributed by atoms with Crippen LogP contribution in [-0.4, -0.2) is 14.5 Å². The number of rotatable bonds is 3. The summed E-state index contributed by atoms with van der Waals surface area (Å²) >= 11 is 0. The van der Waals surface area contributed by atoms with Gasteiger partial charge in [-0.15, -0.1) is 0 Å². The number of furan rings is 1. The molecule has 13 rings (SSSR count). The molecule has 3 aromatic heterocycles. The molecule has 4 nitrogen and oxygen atoms in total. The third kappa shape index (κ3) is 4.34. The minimum atomic E-state index is 0.653. The minimum absolute atomic E-state index is 0.653. The molecule has 0 atom stereocenters. The first-order valence-corrected chi connectivity index (χ1v) is 19.7. The molecule has 0 spiro atoms. The van der Waals surface area contributed by atoms with Gasteiger partial charge >= 0.3 is 0 Å². The SMILES string of the molecule is c1ccc(-c2nc(-n3c4c5ccccc5ccc4c4c5c6ccccc6c(-c6ccc7oc8ccccc8c7c6)cc5c5ccccc5c43)nc3ccccc23)cc1. The quantitative estimate of drug-likeness (QED) is 0.170. The fraction of sp³-hybridized carbons (Fsp3) is 0. The Morgan fingerprint density at radius 1 is 0.362 bits per heavy atom. The molecule has 3 heterocycles. The third-order valence-electron chi connectivity index (χ3n) is 12.1. The van der Waals surface area contributed by atoms with Gasteiger partial charge in [0.25, 0.3) is 0 Å². The maximum Gasteiger partial charge on any atom is 0.235 e. The number of aromatic nitrogens is 3. The summed E-state index contributed by atoms with van der Waals surface area (Å²) in [5, 5.41) is 15.2. The van der Waals surface area contributed by atoms with Crippen LogP contribution in [0.1, 0.15) is 0 Å². The highest BCUT2D eigenvalue weighted by Crippen LogP contribution is 2.48. The monoisotopic (exact) mass is 737 g/mol. The van der Waals surface area contributed by atoms with Gasteiger partial charge in [-0.3, -0.25) is 4.57 Å². The van der Waals surface area contributed by atoms with E-state index in [1.54, 1.807) is 0 Å². The van der Waals surface area contributed by atoms with E-state index in [1.807, 2.05) is 12.1 Å². The minimum Gasteiger partial charge on any atom is -0.456 e. The lowest BCUT2D eigenvalue weighted by Crippen LogP contribution is -2.04. The molecule has 0 bridgehead atoms.